The first-order valence-electron chi connectivity index (χ1n) is 8.29. The first-order chi connectivity index (χ1) is 11.3. The van der Waals surface area contributed by atoms with Crippen LogP contribution < -0.4 is 15.0 Å². The van der Waals surface area contributed by atoms with Gasteiger partial charge in [0.2, 0.25) is 0 Å². The topological polar surface area (TPSA) is 50.3 Å². The van der Waals surface area contributed by atoms with Crippen LogP contribution in [0.1, 0.15) is 24.8 Å². The third kappa shape index (κ3) is 4.34. The molecular weight excluding hydrogens is 288 g/mol. The van der Waals surface area contributed by atoms with Gasteiger partial charge in [-0.2, -0.15) is 0 Å². The van der Waals surface area contributed by atoms with Crippen LogP contribution in [-0.2, 0) is 6.42 Å². The molecule has 0 saturated carbocycles. The number of piperidine rings is 1. The second-order valence-electron chi connectivity index (χ2n) is 5.84. The Morgan fingerprint density at radius 2 is 2.00 bits per heavy atom. The maximum Gasteiger partial charge on any atom is 0.134 e. The van der Waals surface area contributed by atoms with Crippen molar-refractivity contribution in [1.29, 1.82) is 0 Å². The van der Waals surface area contributed by atoms with Crippen LogP contribution in [0.2, 0.25) is 0 Å². The van der Waals surface area contributed by atoms with Gasteiger partial charge >= 0.3 is 0 Å². The molecule has 2 heterocycles. The molecule has 3 rings (SSSR count). The van der Waals surface area contributed by atoms with Gasteiger partial charge in [-0.15, -0.1) is 0 Å². The van der Waals surface area contributed by atoms with Gasteiger partial charge in [-0.05, 0) is 43.4 Å². The first-order valence-corrected chi connectivity index (χ1v) is 8.29. The number of aromatic nitrogens is 2. The zero-order valence-corrected chi connectivity index (χ0v) is 13.7. The third-order valence-electron chi connectivity index (χ3n) is 4.19. The molecule has 1 aromatic carbocycles. The molecular formula is C18H24N4O. The molecule has 23 heavy (non-hydrogen) atoms. The molecule has 0 atom stereocenters. The number of rotatable bonds is 6. The molecule has 2 aromatic rings. The molecule has 1 saturated heterocycles. The lowest BCUT2D eigenvalue weighted by Gasteiger charge is -2.27. The van der Waals surface area contributed by atoms with Gasteiger partial charge in [-0.25, -0.2) is 9.97 Å². The van der Waals surface area contributed by atoms with Gasteiger partial charge in [0.1, 0.15) is 23.7 Å². The Balaban J connectivity index is 1.55. The van der Waals surface area contributed by atoms with E-state index in [1.807, 2.05) is 12.1 Å². The fourth-order valence-corrected chi connectivity index (χ4v) is 2.90. The fourth-order valence-electron chi connectivity index (χ4n) is 2.90. The molecule has 0 amide bonds. The summed E-state index contributed by atoms with van der Waals surface area (Å²) in [5.74, 6) is 2.82. The van der Waals surface area contributed by atoms with Crippen molar-refractivity contribution in [1.82, 2.24) is 9.97 Å². The predicted octanol–water partition coefficient (Wildman–Crippen LogP) is 3.13. The number of hydrogen-bond acceptors (Lipinski definition) is 5. The Kier molecular flexibility index (Phi) is 5.29. The molecule has 122 valence electrons. The number of anilines is 2. The smallest absolute Gasteiger partial charge is 0.134 e. The summed E-state index contributed by atoms with van der Waals surface area (Å²) in [5, 5.41) is 3.39. The molecule has 1 fully saturated rings. The molecule has 0 aliphatic carbocycles. The Labute approximate surface area is 137 Å². The number of benzene rings is 1. The molecule has 1 N–H and O–H groups in total. The van der Waals surface area contributed by atoms with E-state index in [2.05, 4.69) is 38.4 Å². The normalized spacial score (nSPS) is 14.6. The number of nitrogens with zero attached hydrogens (tertiary/aromatic N) is 3. The van der Waals surface area contributed by atoms with Gasteiger partial charge < -0.3 is 15.0 Å². The Bertz CT molecular complexity index is 626. The third-order valence-corrected chi connectivity index (χ3v) is 4.19. The zero-order chi connectivity index (χ0) is 15.9. The largest absolute Gasteiger partial charge is 0.497 e. The van der Waals surface area contributed by atoms with Gasteiger partial charge in [0.25, 0.3) is 0 Å². The van der Waals surface area contributed by atoms with Gasteiger partial charge in [0, 0.05) is 25.7 Å². The van der Waals surface area contributed by atoms with E-state index in [0.29, 0.717) is 0 Å². The van der Waals surface area contributed by atoms with Gasteiger partial charge in [-0.1, -0.05) is 12.1 Å². The number of ether oxygens (including phenoxy) is 1. The summed E-state index contributed by atoms with van der Waals surface area (Å²) in [5.41, 5.74) is 1.25. The Morgan fingerprint density at radius 1 is 1.13 bits per heavy atom. The van der Waals surface area contributed by atoms with E-state index in [4.69, 9.17) is 4.74 Å². The van der Waals surface area contributed by atoms with E-state index < -0.39 is 0 Å². The number of nitrogens with one attached hydrogen (secondary N) is 1. The van der Waals surface area contributed by atoms with E-state index in [1.165, 1.54) is 24.8 Å². The van der Waals surface area contributed by atoms with Crippen LogP contribution in [0, 0.1) is 0 Å². The molecule has 0 spiro atoms. The number of hydrogen-bond donors (Lipinski definition) is 1. The van der Waals surface area contributed by atoms with Crippen LogP contribution in [0.4, 0.5) is 11.6 Å². The average Bonchev–Trinajstić information content (AvgIpc) is 2.63. The molecule has 0 unspecified atom stereocenters. The maximum atomic E-state index is 5.26. The van der Waals surface area contributed by atoms with E-state index in [1.54, 1.807) is 13.4 Å². The minimum atomic E-state index is 0.837. The highest BCUT2D eigenvalue weighted by Crippen LogP contribution is 2.19. The molecule has 1 aliphatic rings. The van der Waals surface area contributed by atoms with Crippen molar-refractivity contribution in [3.8, 4) is 5.75 Å². The molecule has 5 nitrogen and oxygen atoms in total. The molecule has 0 radical (unpaired) electrons. The van der Waals surface area contributed by atoms with Crippen LogP contribution in [-0.4, -0.2) is 36.7 Å². The summed E-state index contributed by atoms with van der Waals surface area (Å²) in [4.78, 5) is 11.1. The first kappa shape index (κ1) is 15.6. The minimum Gasteiger partial charge on any atom is -0.497 e. The van der Waals surface area contributed by atoms with Crippen molar-refractivity contribution in [2.75, 3.05) is 37.0 Å². The highest BCUT2D eigenvalue weighted by atomic mass is 16.5. The highest BCUT2D eigenvalue weighted by molar-refractivity contribution is 5.48. The lowest BCUT2D eigenvalue weighted by molar-refractivity contribution is 0.414. The minimum absolute atomic E-state index is 0.837. The van der Waals surface area contributed by atoms with Gasteiger partial charge in [-0.3, -0.25) is 0 Å². The summed E-state index contributed by atoms with van der Waals surface area (Å²) >= 11 is 0. The van der Waals surface area contributed by atoms with Gasteiger partial charge in [0.05, 0.1) is 7.11 Å². The molecule has 1 aromatic heterocycles. The SMILES string of the molecule is COc1cccc(CCNc2cc(N3CCCCC3)ncn2)c1. The summed E-state index contributed by atoms with van der Waals surface area (Å²) in [7, 11) is 1.69. The number of methoxy groups -OCH3 is 1. The van der Waals surface area contributed by atoms with Crippen molar-refractivity contribution in [3.63, 3.8) is 0 Å². The fraction of sp³-hybridized carbons (Fsp3) is 0.444. The lowest BCUT2D eigenvalue weighted by Crippen LogP contribution is -2.30. The predicted molar refractivity (Wildman–Crippen MR) is 93.3 cm³/mol. The zero-order valence-electron chi connectivity index (χ0n) is 13.7. The van der Waals surface area contributed by atoms with Crippen LogP contribution in [0.25, 0.3) is 0 Å². The van der Waals surface area contributed by atoms with Crippen molar-refractivity contribution < 1.29 is 4.74 Å². The quantitative estimate of drug-likeness (QED) is 0.888. The van der Waals surface area contributed by atoms with Crippen LogP contribution in [0.5, 0.6) is 5.75 Å². The molecule has 5 heteroatoms. The van der Waals surface area contributed by atoms with Gasteiger partial charge in [0.15, 0.2) is 0 Å². The Hall–Kier alpha value is -2.30. The summed E-state index contributed by atoms with van der Waals surface area (Å²) in [6.07, 6.45) is 6.41. The standard InChI is InChI=1S/C18H24N4O/c1-23-16-7-5-6-15(12-16)8-9-19-17-13-18(21-14-20-17)22-10-3-2-4-11-22/h5-7,12-14H,2-4,8-11H2,1H3,(H,19,20,21). The van der Waals surface area contributed by atoms with Crippen LogP contribution >= 0.6 is 0 Å². The summed E-state index contributed by atoms with van der Waals surface area (Å²) < 4.78 is 5.26. The monoisotopic (exact) mass is 312 g/mol. The summed E-state index contributed by atoms with van der Waals surface area (Å²) in [6, 6.07) is 10.2. The van der Waals surface area contributed by atoms with E-state index in [0.717, 1.165) is 43.4 Å². The second-order valence-corrected chi connectivity index (χ2v) is 5.84. The van der Waals surface area contributed by atoms with Crippen molar-refractivity contribution in [2.24, 2.45) is 0 Å². The van der Waals surface area contributed by atoms with E-state index >= 15 is 0 Å². The van der Waals surface area contributed by atoms with Crippen LogP contribution in [0.15, 0.2) is 36.7 Å². The van der Waals surface area contributed by atoms with Crippen molar-refractivity contribution >= 4 is 11.6 Å². The van der Waals surface area contributed by atoms with Crippen molar-refractivity contribution in [3.05, 3.63) is 42.2 Å². The van der Waals surface area contributed by atoms with Crippen molar-refractivity contribution in [2.45, 2.75) is 25.7 Å². The molecule has 0 bridgehead atoms. The molecule has 1 aliphatic heterocycles. The van der Waals surface area contributed by atoms with E-state index in [-0.39, 0.29) is 0 Å². The Morgan fingerprint density at radius 3 is 2.83 bits per heavy atom. The second kappa shape index (κ2) is 7.81. The summed E-state index contributed by atoms with van der Waals surface area (Å²) in [6.45, 7) is 3.03. The highest BCUT2D eigenvalue weighted by Gasteiger charge is 2.12. The maximum absolute atomic E-state index is 5.26. The lowest BCUT2D eigenvalue weighted by atomic mass is 10.1. The van der Waals surface area contributed by atoms with E-state index in [9.17, 15) is 0 Å². The average molecular weight is 312 g/mol. The van der Waals surface area contributed by atoms with Crippen LogP contribution in [0.3, 0.4) is 0 Å².